The second-order valence-corrected chi connectivity index (χ2v) is 5.62. The lowest BCUT2D eigenvalue weighted by Crippen LogP contribution is -2.58. The van der Waals surface area contributed by atoms with Crippen molar-refractivity contribution in [2.24, 2.45) is 0 Å². The largest absolute Gasteiger partial charge is 0.353 e. The van der Waals surface area contributed by atoms with E-state index in [4.69, 9.17) is 0 Å². The molecule has 1 N–H and O–H groups in total. The normalized spacial score (nSPS) is 17.5. The predicted octanol–water partition coefficient (Wildman–Crippen LogP) is 2.15. The second-order valence-electron chi connectivity index (χ2n) is 5.62. The first-order valence-electron chi connectivity index (χ1n) is 7.64. The highest BCUT2D eigenvalue weighted by molar-refractivity contribution is 5.98. The number of hydrogen-bond acceptors (Lipinski definition) is 2. The van der Waals surface area contributed by atoms with Gasteiger partial charge in [0.2, 0.25) is 5.91 Å². The van der Waals surface area contributed by atoms with E-state index in [0.717, 1.165) is 17.7 Å². The Kier molecular flexibility index (Phi) is 4.55. The van der Waals surface area contributed by atoms with Gasteiger partial charge < -0.3 is 10.2 Å². The SMILES string of the molecule is O=C1NCCN(C(=O)c2ccc(F)cc2F)C1Cc1ccccc1. The van der Waals surface area contributed by atoms with Crippen LogP contribution < -0.4 is 5.32 Å². The molecule has 0 bridgehead atoms. The van der Waals surface area contributed by atoms with Crippen molar-refractivity contribution < 1.29 is 18.4 Å². The van der Waals surface area contributed by atoms with Crippen LogP contribution in [0, 0.1) is 11.6 Å². The van der Waals surface area contributed by atoms with Crippen molar-refractivity contribution in [1.82, 2.24) is 10.2 Å². The second kappa shape index (κ2) is 6.78. The molecule has 1 atom stereocenters. The number of carbonyl (C=O) groups is 2. The maximum atomic E-state index is 13.9. The van der Waals surface area contributed by atoms with Gasteiger partial charge in [0.1, 0.15) is 17.7 Å². The van der Waals surface area contributed by atoms with Gasteiger partial charge >= 0.3 is 0 Å². The van der Waals surface area contributed by atoms with E-state index >= 15 is 0 Å². The average Bonchev–Trinajstić information content (AvgIpc) is 2.57. The van der Waals surface area contributed by atoms with Gasteiger partial charge in [-0.25, -0.2) is 8.78 Å². The molecule has 1 saturated heterocycles. The van der Waals surface area contributed by atoms with Crippen molar-refractivity contribution in [3.05, 3.63) is 71.3 Å². The number of hydrogen-bond donors (Lipinski definition) is 1. The molecule has 0 aromatic heterocycles. The highest BCUT2D eigenvalue weighted by Gasteiger charge is 2.34. The van der Waals surface area contributed by atoms with Crippen molar-refractivity contribution in [1.29, 1.82) is 0 Å². The lowest BCUT2D eigenvalue weighted by Gasteiger charge is -2.35. The van der Waals surface area contributed by atoms with Gasteiger partial charge in [-0.1, -0.05) is 30.3 Å². The summed E-state index contributed by atoms with van der Waals surface area (Å²) in [4.78, 5) is 26.2. The third-order valence-corrected chi connectivity index (χ3v) is 4.03. The van der Waals surface area contributed by atoms with Gasteiger partial charge in [-0.3, -0.25) is 9.59 Å². The van der Waals surface area contributed by atoms with Gasteiger partial charge in [-0.05, 0) is 17.7 Å². The fraction of sp³-hybridized carbons (Fsp3) is 0.222. The van der Waals surface area contributed by atoms with Crippen LogP contribution in [0.15, 0.2) is 48.5 Å². The van der Waals surface area contributed by atoms with Gasteiger partial charge in [0.15, 0.2) is 0 Å². The van der Waals surface area contributed by atoms with Crippen LogP contribution in [-0.4, -0.2) is 35.8 Å². The van der Waals surface area contributed by atoms with Crippen LogP contribution in [0.2, 0.25) is 0 Å². The standard InChI is InChI=1S/C18H16F2N2O2/c19-13-6-7-14(15(20)11-13)18(24)22-9-8-21-17(23)16(22)10-12-4-2-1-3-5-12/h1-7,11,16H,8-10H2,(H,21,23). The Morgan fingerprint density at radius 2 is 1.92 bits per heavy atom. The lowest BCUT2D eigenvalue weighted by molar-refractivity contribution is -0.127. The Bertz CT molecular complexity index is 765. The van der Waals surface area contributed by atoms with E-state index in [-0.39, 0.29) is 18.0 Å². The molecule has 1 aliphatic rings. The van der Waals surface area contributed by atoms with Crippen molar-refractivity contribution in [3.63, 3.8) is 0 Å². The van der Waals surface area contributed by atoms with Crippen molar-refractivity contribution in [3.8, 4) is 0 Å². The summed E-state index contributed by atoms with van der Waals surface area (Å²) >= 11 is 0. The van der Waals surface area contributed by atoms with E-state index < -0.39 is 23.6 Å². The maximum Gasteiger partial charge on any atom is 0.257 e. The van der Waals surface area contributed by atoms with E-state index in [0.29, 0.717) is 19.0 Å². The van der Waals surface area contributed by atoms with Crippen LogP contribution in [0.3, 0.4) is 0 Å². The van der Waals surface area contributed by atoms with Crippen molar-refractivity contribution in [2.75, 3.05) is 13.1 Å². The summed E-state index contributed by atoms with van der Waals surface area (Å²) in [5.74, 6) is -2.56. The monoisotopic (exact) mass is 330 g/mol. The van der Waals surface area contributed by atoms with Crippen molar-refractivity contribution in [2.45, 2.75) is 12.5 Å². The zero-order valence-corrected chi connectivity index (χ0v) is 12.8. The molecule has 1 heterocycles. The molecule has 24 heavy (non-hydrogen) atoms. The molecule has 6 heteroatoms. The molecule has 0 aliphatic carbocycles. The smallest absolute Gasteiger partial charge is 0.257 e. The van der Waals surface area contributed by atoms with E-state index in [2.05, 4.69) is 5.32 Å². The summed E-state index contributed by atoms with van der Waals surface area (Å²) in [5.41, 5.74) is 0.668. The zero-order chi connectivity index (χ0) is 17.1. The minimum Gasteiger partial charge on any atom is -0.353 e. The Labute approximate surface area is 138 Å². The third kappa shape index (κ3) is 3.27. The molecule has 0 spiro atoms. The molecule has 1 fully saturated rings. The van der Waals surface area contributed by atoms with Crippen LogP contribution in [0.5, 0.6) is 0 Å². The highest BCUT2D eigenvalue weighted by Crippen LogP contribution is 2.18. The Morgan fingerprint density at radius 1 is 1.17 bits per heavy atom. The summed E-state index contributed by atoms with van der Waals surface area (Å²) in [5, 5.41) is 2.73. The fourth-order valence-electron chi connectivity index (χ4n) is 2.82. The lowest BCUT2D eigenvalue weighted by atomic mass is 10.0. The number of halogens is 2. The Hall–Kier alpha value is -2.76. The zero-order valence-electron chi connectivity index (χ0n) is 12.8. The molecule has 0 saturated carbocycles. The van der Waals surface area contributed by atoms with Gasteiger partial charge in [0.25, 0.3) is 5.91 Å². The van der Waals surface area contributed by atoms with E-state index in [9.17, 15) is 18.4 Å². The van der Waals surface area contributed by atoms with Gasteiger partial charge in [-0.2, -0.15) is 0 Å². The summed E-state index contributed by atoms with van der Waals surface area (Å²) in [6.45, 7) is 0.581. The molecule has 4 nitrogen and oxygen atoms in total. The number of nitrogens with zero attached hydrogens (tertiary/aromatic N) is 1. The number of amides is 2. The molecule has 2 amide bonds. The highest BCUT2D eigenvalue weighted by atomic mass is 19.1. The van der Waals surface area contributed by atoms with E-state index in [1.54, 1.807) is 0 Å². The van der Waals surface area contributed by atoms with Gasteiger partial charge in [0, 0.05) is 25.6 Å². The first-order chi connectivity index (χ1) is 11.6. The maximum absolute atomic E-state index is 13.9. The average molecular weight is 330 g/mol. The molecule has 0 radical (unpaired) electrons. The van der Waals surface area contributed by atoms with Crippen LogP contribution in [0.4, 0.5) is 8.78 Å². The van der Waals surface area contributed by atoms with Crippen LogP contribution in [-0.2, 0) is 11.2 Å². The van der Waals surface area contributed by atoms with E-state index in [1.165, 1.54) is 4.90 Å². The molecule has 1 unspecified atom stereocenters. The predicted molar refractivity (Wildman–Crippen MR) is 84.3 cm³/mol. The van der Waals surface area contributed by atoms with Gasteiger partial charge in [-0.15, -0.1) is 0 Å². The quantitative estimate of drug-likeness (QED) is 0.937. The summed E-state index contributed by atoms with van der Waals surface area (Å²) < 4.78 is 27.0. The molecule has 1 aliphatic heterocycles. The summed E-state index contributed by atoms with van der Waals surface area (Å²) in [6, 6.07) is 11.4. The first kappa shape index (κ1) is 16.1. The minimum absolute atomic E-state index is 0.232. The number of benzene rings is 2. The topological polar surface area (TPSA) is 49.4 Å². The Morgan fingerprint density at radius 3 is 2.62 bits per heavy atom. The fourth-order valence-corrected chi connectivity index (χ4v) is 2.82. The Balaban J connectivity index is 1.88. The third-order valence-electron chi connectivity index (χ3n) is 4.03. The molecule has 2 aromatic carbocycles. The number of rotatable bonds is 3. The summed E-state index contributed by atoms with van der Waals surface area (Å²) in [7, 11) is 0. The molecule has 3 rings (SSSR count). The number of piperazine rings is 1. The van der Waals surface area contributed by atoms with Gasteiger partial charge in [0.05, 0.1) is 5.56 Å². The van der Waals surface area contributed by atoms with E-state index in [1.807, 2.05) is 30.3 Å². The molecule has 2 aromatic rings. The van der Waals surface area contributed by atoms with Crippen LogP contribution >= 0.6 is 0 Å². The molecular formula is C18H16F2N2O2. The first-order valence-corrected chi connectivity index (χ1v) is 7.64. The minimum atomic E-state index is -0.926. The summed E-state index contributed by atoms with van der Waals surface area (Å²) in [6.07, 6.45) is 0.335. The molecule has 124 valence electrons. The number of nitrogens with one attached hydrogen (secondary N) is 1. The molecular weight excluding hydrogens is 314 g/mol. The number of carbonyl (C=O) groups excluding carboxylic acids is 2. The van der Waals surface area contributed by atoms with Crippen LogP contribution in [0.25, 0.3) is 0 Å². The van der Waals surface area contributed by atoms with Crippen molar-refractivity contribution >= 4 is 11.8 Å². The van der Waals surface area contributed by atoms with Crippen LogP contribution in [0.1, 0.15) is 15.9 Å².